The molecule has 3 aromatic rings. The highest BCUT2D eigenvalue weighted by molar-refractivity contribution is 6.45. The molecule has 0 saturated heterocycles. The Labute approximate surface area is 238 Å². The first-order valence-corrected chi connectivity index (χ1v) is 12.2. The summed E-state index contributed by atoms with van der Waals surface area (Å²) in [6, 6.07) is 12.7. The van der Waals surface area contributed by atoms with Crippen LogP contribution in [0.25, 0.3) is 0 Å². The van der Waals surface area contributed by atoms with Crippen LogP contribution in [-0.4, -0.2) is 37.7 Å². The average Bonchev–Trinajstić information content (AvgIpc) is 2.87. The van der Waals surface area contributed by atoms with Crippen LogP contribution >= 0.6 is 46.4 Å². The van der Waals surface area contributed by atoms with E-state index in [1.807, 2.05) is 6.92 Å². The number of hydrogen-bond acceptors (Lipinski definition) is 6. The molecule has 38 heavy (non-hydrogen) atoms. The number of benzene rings is 3. The Morgan fingerprint density at radius 2 is 1.68 bits per heavy atom. The summed E-state index contributed by atoms with van der Waals surface area (Å²) in [5.74, 6) is -2.14. The molecule has 0 heterocycles. The van der Waals surface area contributed by atoms with Crippen molar-refractivity contribution < 1.29 is 23.9 Å². The van der Waals surface area contributed by atoms with Crippen LogP contribution < -0.4 is 25.5 Å². The number of anilines is 2. The fraction of sp³-hybridized carbons (Fsp3) is 0.120. The highest BCUT2D eigenvalue weighted by atomic mass is 35.5. The molecule has 0 bridgehead atoms. The van der Waals surface area contributed by atoms with Gasteiger partial charge < -0.3 is 20.1 Å². The molecule has 3 aromatic carbocycles. The molecule has 198 valence electrons. The van der Waals surface area contributed by atoms with E-state index in [0.717, 1.165) is 5.56 Å². The van der Waals surface area contributed by atoms with Crippen LogP contribution in [-0.2, 0) is 14.4 Å². The molecule has 0 fully saturated rings. The Bertz CT molecular complexity index is 1410. The van der Waals surface area contributed by atoms with Crippen molar-refractivity contribution in [2.75, 3.05) is 24.4 Å². The fourth-order valence-electron chi connectivity index (χ4n) is 3.00. The number of hydrazone groups is 1. The molecule has 0 spiro atoms. The van der Waals surface area contributed by atoms with Crippen molar-refractivity contribution in [3.8, 4) is 11.5 Å². The number of rotatable bonds is 8. The van der Waals surface area contributed by atoms with Gasteiger partial charge in [-0.25, -0.2) is 5.43 Å². The lowest BCUT2D eigenvalue weighted by atomic mass is 10.2. The number of nitrogens with one attached hydrogen (secondary N) is 3. The monoisotopic (exact) mass is 596 g/mol. The summed E-state index contributed by atoms with van der Waals surface area (Å²) >= 11 is 24.2. The second kappa shape index (κ2) is 13.3. The molecule has 3 rings (SSSR count). The number of carbonyl (C=O) groups is 3. The van der Waals surface area contributed by atoms with Crippen LogP contribution in [0.15, 0.2) is 53.6 Å². The molecule has 0 aliphatic rings. The maximum atomic E-state index is 12.4. The summed E-state index contributed by atoms with van der Waals surface area (Å²) < 4.78 is 10.9. The molecule has 0 unspecified atom stereocenters. The van der Waals surface area contributed by atoms with Crippen LogP contribution in [0.2, 0.25) is 20.1 Å². The topological polar surface area (TPSA) is 118 Å². The molecule has 0 radical (unpaired) electrons. The van der Waals surface area contributed by atoms with Gasteiger partial charge in [-0.15, -0.1) is 0 Å². The predicted octanol–water partition coefficient (Wildman–Crippen LogP) is 5.72. The second-order valence-corrected chi connectivity index (χ2v) is 9.21. The molecule has 13 heteroatoms. The number of amides is 3. The standard InChI is InChI=1S/C25H20Cl4N4O5/c1-13-6-7-15(26)10-19(13)31-21(34)12-38-23-17(28)8-14(9-20(23)37-2)11-30-33-25(36)24(35)32-18-5-3-4-16(27)22(18)29/h3-11H,12H2,1-2H3,(H,31,34)(H,32,35)(H,33,36)/b30-11-. The van der Waals surface area contributed by atoms with E-state index in [0.29, 0.717) is 16.3 Å². The average molecular weight is 598 g/mol. The number of methoxy groups -OCH3 is 1. The molecule has 9 nitrogen and oxygen atoms in total. The maximum absolute atomic E-state index is 12.4. The van der Waals surface area contributed by atoms with Crippen LogP contribution in [0.4, 0.5) is 11.4 Å². The molecule has 3 amide bonds. The van der Waals surface area contributed by atoms with Gasteiger partial charge >= 0.3 is 11.8 Å². The predicted molar refractivity (Wildman–Crippen MR) is 149 cm³/mol. The minimum Gasteiger partial charge on any atom is -0.493 e. The van der Waals surface area contributed by atoms with Gasteiger partial charge in [0, 0.05) is 10.7 Å². The summed E-state index contributed by atoms with van der Waals surface area (Å²) in [7, 11) is 1.39. The Balaban J connectivity index is 1.60. The normalized spacial score (nSPS) is 10.7. The van der Waals surface area contributed by atoms with Gasteiger partial charge in [-0.2, -0.15) is 5.10 Å². The number of ether oxygens (including phenoxy) is 2. The maximum Gasteiger partial charge on any atom is 0.329 e. The van der Waals surface area contributed by atoms with Gasteiger partial charge in [0.2, 0.25) is 0 Å². The van der Waals surface area contributed by atoms with Crippen LogP contribution in [0, 0.1) is 6.92 Å². The first-order valence-electron chi connectivity index (χ1n) is 10.7. The zero-order valence-electron chi connectivity index (χ0n) is 19.9. The Kier molecular flexibility index (Phi) is 10.2. The van der Waals surface area contributed by atoms with E-state index in [1.54, 1.807) is 24.3 Å². The molecule has 0 saturated carbocycles. The number of carbonyl (C=O) groups excluding carboxylic acids is 3. The summed E-state index contributed by atoms with van der Waals surface area (Å²) in [5, 5.41) is 9.73. The fourth-order valence-corrected chi connectivity index (χ4v) is 3.80. The van der Waals surface area contributed by atoms with Gasteiger partial charge in [-0.3, -0.25) is 14.4 Å². The molecule has 0 aliphatic heterocycles. The summed E-state index contributed by atoms with van der Waals surface area (Å²) in [4.78, 5) is 36.5. The molecule has 0 aromatic heterocycles. The highest BCUT2D eigenvalue weighted by Gasteiger charge is 2.17. The largest absolute Gasteiger partial charge is 0.493 e. The zero-order chi connectivity index (χ0) is 27.8. The third-order valence-corrected chi connectivity index (χ3v) is 6.19. The molecule has 3 N–H and O–H groups in total. The number of aryl methyl sites for hydroxylation is 1. The summed E-state index contributed by atoms with van der Waals surface area (Å²) in [6.45, 7) is 1.48. The third-order valence-electron chi connectivity index (χ3n) is 4.86. The van der Waals surface area contributed by atoms with Crippen molar-refractivity contribution in [1.29, 1.82) is 0 Å². The van der Waals surface area contributed by atoms with Crippen molar-refractivity contribution in [2.24, 2.45) is 5.10 Å². The minimum atomic E-state index is -1.05. The van der Waals surface area contributed by atoms with Gasteiger partial charge in [-0.05, 0) is 54.4 Å². The van der Waals surface area contributed by atoms with Crippen molar-refractivity contribution in [3.63, 3.8) is 0 Å². The molecular weight excluding hydrogens is 578 g/mol. The lowest BCUT2D eigenvalue weighted by Gasteiger charge is -2.14. The zero-order valence-corrected chi connectivity index (χ0v) is 22.9. The van der Waals surface area contributed by atoms with Gasteiger partial charge in [0.05, 0.1) is 34.1 Å². The van der Waals surface area contributed by atoms with Gasteiger partial charge in [0.15, 0.2) is 18.1 Å². The van der Waals surface area contributed by atoms with Crippen LogP contribution in [0.5, 0.6) is 11.5 Å². The van der Waals surface area contributed by atoms with Crippen molar-refractivity contribution in [2.45, 2.75) is 6.92 Å². The van der Waals surface area contributed by atoms with E-state index >= 15 is 0 Å². The lowest BCUT2D eigenvalue weighted by molar-refractivity contribution is -0.136. The molecule has 0 aliphatic carbocycles. The SMILES string of the molecule is COc1cc(/C=N\NC(=O)C(=O)Nc2cccc(Cl)c2Cl)cc(Cl)c1OCC(=O)Nc1cc(Cl)ccc1C. The highest BCUT2D eigenvalue weighted by Crippen LogP contribution is 2.36. The Hall–Kier alpha value is -3.50. The quantitative estimate of drug-likeness (QED) is 0.174. The third kappa shape index (κ3) is 7.75. The van der Waals surface area contributed by atoms with Gasteiger partial charge in [0.1, 0.15) is 0 Å². The smallest absolute Gasteiger partial charge is 0.329 e. The molecular formula is C25H20Cl4N4O5. The van der Waals surface area contributed by atoms with Crippen LogP contribution in [0.1, 0.15) is 11.1 Å². The lowest BCUT2D eigenvalue weighted by Crippen LogP contribution is -2.32. The summed E-state index contributed by atoms with van der Waals surface area (Å²) in [5.41, 5.74) is 4.07. The van der Waals surface area contributed by atoms with Crippen LogP contribution in [0.3, 0.4) is 0 Å². The second-order valence-electron chi connectivity index (χ2n) is 7.58. The van der Waals surface area contributed by atoms with Gasteiger partial charge in [-0.1, -0.05) is 58.5 Å². The van der Waals surface area contributed by atoms with Crippen molar-refractivity contribution in [1.82, 2.24) is 5.43 Å². The first kappa shape index (κ1) is 29.1. The Morgan fingerprint density at radius 3 is 2.42 bits per heavy atom. The van der Waals surface area contributed by atoms with E-state index in [9.17, 15) is 14.4 Å². The first-order chi connectivity index (χ1) is 18.1. The van der Waals surface area contributed by atoms with Gasteiger partial charge in [0.25, 0.3) is 5.91 Å². The molecule has 0 atom stereocenters. The van der Waals surface area contributed by atoms with Crippen molar-refractivity contribution >= 4 is 81.7 Å². The number of nitrogens with zero attached hydrogens (tertiary/aromatic N) is 1. The van der Waals surface area contributed by atoms with E-state index in [-0.39, 0.29) is 38.9 Å². The van der Waals surface area contributed by atoms with E-state index in [1.165, 1.54) is 37.6 Å². The van der Waals surface area contributed by atoms with E-state index in [2.05, 4.69) is 21.2 Å². The summed E-state index contributed by atoms with van der Waals surface area (Å²) in [6.07, 6.45) is 1.24. The van der Waals surface area contributed by atoms with Crippen molar-refractivity contribution in [3.05, 3.63) is 79.7 Å². The van der Waals surface area contributed by atoms with E-state index in [4.69, 9.17) is 55.9 Å². The minimum absolute atomic E-state index is 0.0971. The van der Waals surface area contributed by atoms with E-state index < -0.39 is 17.7 Å². The number of halogens is 4. The number of hydrogen-bond donors (Lipinski definition) is 3. The Morgan fingerprint density at radius 1 is 0.921 bits per heavy atom.